The molecule has 1 N–H and O–H groups in total. The van der Waals surface area contributed by atoms with Gasteiger partial charge in [0.1, 0.15) is 5.82 Å². The van der Waals surface area contributed by atoms with Gasteiger partial charge in [0, 0.05) is 11.1 Å². The highest BCUT2D eigenvalue weighted by molar-refractivity contribution is 6.05. The lowest BCUT2D eigenvalue weighted by Crippen LogP contribution is -2.30. The molecule has 1 heterocycles. The molecular weight excluding hydrogens is 335 g/mol. The molecule has 1 atom stereocenters. The van der Waals surface area contributed by atoms with E-state index in [4.69, 9.17) is 4.74 Å². The number of nitrogens with one attached hydrogen (secondary N) is 1. The molecule has 0 aliphatic heterocycles. The van der Waals surface area contributed by atoms with E-state index in [0.29, 0.717) is 22.2 Å². The Morgan fingerprint density at radius 2 is 1.81 bits per heavy atom. The number of aryl methyl sites for hydroxylation is 1. The van der Waals surface area contributed by atoms with Gasteiger partial charge in [-0.1, -0.05) is 30.3 Å². The van der Waals surface area contributed by atoms with Crippen molar-refractivity contribution in [3.63, 3.8) is 0 Å². The molecule has 0 spiro atoms. The molecule has 0 aliphatic carbocycles. The largest absolute Gasteiger partial charge is 0.449 e. The fraction of sp³-hybridized carbons (Fsp3) is 0.150. The number of carbonyl (C=O) groups is 2. The third kappa shape index (κ3) is 3.69. The molecular formula is C20H17FN2O3. The standard InChI is InChI=1S/C20H17FN2O3/c1-12-11-15(14-7-3-5-9-17(14)22-12)20(25)26-13(2)19(24)23-18-10-6-4-8-16(18)21/h3-11,13H,1-2H3,(H,23,24)/t13-/m0/s1. The first-order chi connectivity index (χ1) is 12.5. The molecule has 1 amide bonds. The highest BCUT2D eigenvalue weighted by Gasteiger charge is 2.21. The quantitative estimate of drug-likeness (QED) is 0.724. The minimum Gasteiger partial charge on any atom is -0.449 e. The zero-order valence-corrected chi connectivity index (χ0v) is 14.3. The minimum absolute atomic E-state index is 0.0330. The van der Waals surface area contributed by atoms with Crippen molar-refractivity contribution in [2.75, 3.05) is 5.32 Å². The van der Waals surface area contributed by atoms with Crippen LogP contribution < -0.4 is 5.32 Å². The van der Waals surface area contributed by atoms with Gasteiger partial charge in [0.05, 0.1) is 16.8 Å². The molecule has 26 heavy (non-hydrogen) atoms. The normalized spacial score (nSPS) is 11.8. The second-order valence-corrected chi connectivity index (χ2v) is 5.84. The highest BCUT2D eigenvalue weighted by atomic mass is 19.1. The van der Waals surface area contributed by atoms with E-state index in [9.17, 15) is 14.0 Å². The number of aromatic nitrogens is 1. The van der Waals surface area contributed by atoms with Crippen molar-refractivity contribution < 1.29 is 18.7 Å². The summed E-state index contributed by atoms with van der Waals surface area (Å²) in [5, 5.41) is 3.06. The van der Waals surface area contributed by atoms with E-state index in [-0.39, 0.29) is 5.69 Å². The fourth-order valence-electron chi connectivity index (χ4n) is 2.55. The van der Waals surface area contributed by atoms with Gasteiger partial charge >= 0.3 is 5.97 Å². The lowest BCUT2D eigenvalue weighted by Gasteiger charge is -2.15. The smallest absolute Gasteiger partial charge is 0.339 e. The third-order valence-corrected chi connectivity index (χ3v) is 3.85. The van der Waals surface area contributed by atoms with Crippen LogP contribution in [0.15, 0.2) is 54.6 Å². The number of anilines is 1. The summed E-state index contributed by atoms with van der Waals surface area (Å²) in [5.41, 5.74) is 1.70. The Labute approximate surface area is 149 Å². The first kappa shape index (κ1) is 17.5. The summed E-state index contributed by atoms with van der Waals surface area (Å²) < 4.78 is 18.9. The topological polar surface area (TPSA) is 68.3 Å². The van der Waals surface area contributed by atoms with Crippen molar-refractivity contribution in [1.82, 2.24) is 4.98 Å². The summed E-state index contributed by atoms with van der Waals surface area (Å²) in [6, 6.07) is 14.6. The van der Waals surface area contributed by atoms with Gasteiger partial charge in [0.25, 0.3) is 5.91 Å². The van der Waals surface area contributed by atoms with Crippen LogP contribution in [0.5, 0.6) is 0 Å². The first-order valence-corrected chi connectivity index (χ1v) is 8.08. The Bertz CT molecular complexity index is 988. The monoisotopic (exact) mass is 352 g/mol. The number of para-hydroxylation sites is 2. The SMILES string of the molecule is Cc1cc(C(=O)O[C@@H](C)C(=O)Nc2ccccc2F)c2ccccc2n1. The Hall–Kier alpha value is -3.28. The lowest BCUT2D eigenvalue weighted by molar-refractivity contribution is -0.123. The number of nitrogens with zero attached hydrogens (tertiary/aromatic N) is 1. The molecule has 0 saturated heterocycles. The molecule has 6 heteroatoms. The number of rotatable bonds is 4. The summed E-state index contributed by atoms with van der Waals surface area (Å²) in [5.74, 6) is -1.81. The van der Waals surface area contributed by atoms with Crippen LogP contribution in [0.25, 0.3) is 10.9 Å². The van der Waals surface area contributed by atoms with Crippen molar-refractivity contribution in [1.29, 1.82) is 0 Å². The Kier molecular flexibility index (Phi) is 4.93. The number of hydrogen-bond acceptors (Lipinski definition) is 4. The Morgan fingerprint density at radius 3 is 2.58 bits per heavy atom. The molecule has 0 aliphatic rings. The molecule has 5 nitrogen and oxygen atoms in total. The van der Waals surface area contributed by atoms with Gasteiger partial charge in [-0.3, -0.25) is 9.78 Å². The summed E-state index contributed by atoms with van der Waals surface area (Å²) in [6.07, 6.45) is -1.09. The van der Waals surface area contributed by atoms with Gasteiger partial charge in [-0.05, 0) is 38.1 Å². The lowest BCUT2D eigenvalue weighted by atomic mass is 10.1. The van der Waals surface area contributed by atoms with Crippen LogP contribution in [-0.2, 0) is 9.53 Å². The van der Waals surface area contributed by atoms with E-state index in [1.165, 1.54) is 25.1 Å². The molecule has 1 aromatic heterocycles. The molecule has 132 valence electrons. The van der Waals surface area contributed by atoms with E-state index < -0.39 is 23.8 Å². The minimum atomic E-state index is -1.09. The van der Waals surface area contributed by atoms with Crippen molar-refractivity contribution in [3.05, 3.63) is 71.7 Å². The van der Waals surface area contributed by atoms with Crippen LogP contribution in [0, 0.1) is 12.7 Å². The van der Waals surface area contributed by atoms with Gasteiger partial charge in [0.2, 0.25) is 0 Å². The van der Waals surface area contributed by atoms with Gasteiger partial charge in [-0.2, -0.15) is 0 Å². The van der Waals surface area contributed by atoms with E-state index in [2.05, 4.69) is 10.3 Å². The van der Waals surface area contributed by atoms with Crippen LogP contribution >= 0.6 is 0 Å². The average molecular weight is 352 g/mol. The van der Waals surface area contributed by atoms with E-state index in [0.717, 1.165) is 0 Å². The number of fused-ring (bicyclic) bond motifs is 1. The van der Waals surface area contributed by atoms with Crippen molar-refractivity contribution in [2.45, 2.75) is 20.0 Å². The molecule has 0 bridgehead atoms. The summed E-state index contributed by atoms with van der Waals surface area (Å²) in [4.78, 5) is 29.1. The number of amides is 1. The van der Waals surface area contributed by atoms with Gasteiger partial charge in [0.15, 0.2) is 6.10 Å². The molecule has 3 aromatic rings. The number of pyridine rings is 1. The first-order valence-electron chi connectivity index (χ1n) is 8.08. The number of halogens is 1. The Balaban J connectivity index is 1.77. The molecule has 0 radical (unpaired) electrons. The predicted octanol–water partition coefficient (Wildman–Crippen LogP) is 3.87. The van der Waals surface area contributed by atoms with E-state index >= 15 is 0 Å². The number of esters is 1. The molecule has 3 rings (SSSR count). The second-order valence-electron chi connectivity index (χ2n) is 5.84. The maximum Gasteiger partial charge on any atom is 0.339 e. The predicted molar refractivity (Wildman–Crippen MR) is 96.4 cm³/mol. The van der Waals surface area contributed by atoms with Crippen molar-refractivity contribution in [2.24, 2.45) is 0 Å². The zero-order chi connectivity index (χ0) is 18.7. The maximum absolute atomic E-state index is 13.6. The van der Waals surface area contributed by atoms with E-state index in [1.807, 2.05) is 6.07 Å². The fourth-order valence-corrected chi connectivity index (χ4v) is 2.55. The van der Waals surface area contributed by atoms with Gasteiger partial charge in [-0.25, -0.2) is 9.18 Å². The van der Waals surface area contributed by atoms with Gasteiger partial charge < -0.3 is 10.1 Å². The summed E-state index contributed by atoms with van der Waals surface area (Å²) in [6.45, 7) is 3.21. The van der Waals surface area contributed by atoms with Crippen LogP contribution in [-0.4, -0.2) is 23.0 Å². The van der Waals surface area contributed by atoms with Crippen LogP contribution in [0.1, 0.15) is 23.0 Å². The maximum atomic E-state index is 13.6. The second kappa shape index (κ2) is 7.31. The third-order valence-electron chi connectivity index (χ3n) is 3.85. The zero-order valence-electron chi connectivity index (χ0n) is 14.3. The van der Waals surface area contributed by atoms with Crippen LogP contribution in [0.4, 0.5) is 10.1 Å². The van der Waals surface area contributed by atoms with Crippen LogP contribution in [0.2, 0.25) is 0 Å². The molecule has 0 unspecified atom stereocenters. The molecule has 2 aromatic carbocycles. The molecule has 0 saturated carbocycles. The number of hydrogen-bond donors (Lipinski definition) is 1. The number of benzene rings is 2. The van der Waals surface area contributed by atoms with Crippen molar-refractivity contribution >= 4 is 28.5 Å². The Morgan fingerprint density at radius 1 is 1.12 bits per heavy atom. The van der Waals surface area contributed by atoms with Gasteiger partial charge in [-0.15, -0.1) is 0 Å². The summed E-state index contributed by atoms with van der Waals surface area (Å²) in [7, 11) is 0. The van der Waals surface area contributed by atoms with E-state index in [1.54, 1.807) is 37.3 Å². The highest BCUT2D eigenvalue weighted by Crippen LogP contribution is 2.20. The average Bonchev–Trinajstić information content (AvgIpc) is 2.62. The number of carbonyl (C=O) groups excluding carboxylic acids is 2. The molecule has 0 fully saturated rings. The van der Waals surface area contributed by atoms with Crippen LogP contribution in [0.3, 0.4) is 0 Å². The number of ether oxygens (including phenoxy) is 1. The summed E-state index contributed by atoms with van der Waals surface area (Å²) >= 11 is 0. The van der Waals surface area contributed by atoms with Crippen molar-refractivity contribution in [3.8, 4) is 0 Å².